The number of hydrogen-bond acceptors (Lipinski definition) is 4. The lowest BCUT2D eigenvalue weighted by molar-refractivity contribution is 0.102. The number of amides is 1. The highest BCUT2D eigenvalue weighted by Gasteiger charge is 2.13. The smallest absolute Gasteiger partial charge is 0.257 e. The topological polar surface area (TPSA) is 101 Å². The van der Waals surface area contributed by atoms with Crippen LogP contribution in [0.4, 0.5) is 10.1 Å². The number of amidine groups is 1. The van der Waals surface area contributed by atoms with Crippen molar-refractivity contribution < 1.29 is 14.4 Å². The maximum absolute atomic E-state index is 13.2. The molecule has 1 aromatic carbocycles. The Morgan fingerprint density at radius 2 is 2.14 bits per heavy atom. The van der Waals surface area contributed by atoms with E-state index in [1.54, 1.807) is 6.07 Å². The third-order valence-corrected chi connectivity index (χ3v) is 3.01. The van der Waals surface area contributed by atoms with Crippen LogP contribution in [0, 0.1) is 5.82 Å². The summed E-state index contributed by atoms with van der Waals surface area (Å²) in [6.07, 6.45) is 2.92. The molecule has 2 rings (SSSR count). The zero-order chi connectivity index (χ0) is 15.4. The molecule has 1 heterocycles. The molecule has 0 saturated carbocycles. The summed E-state index contributed by atoms with van der Waals surface area (Å²) in [5.41, 5.74) is 6.07. The van der Waals surface area contributed by atoms with E-state index >= 15 is 0 Å². The Morgan fingerprint density at radius 1 is 1.38 bits per heavy atom. The molecular weight excluding hydrogens is 343 g/mol. The van der Waals surface area contributed by atoms with E-state index in [9.17, 15) is 9.18 Å². The molecule has 1 amide bonds. The van der Waals surface area contributed by atoms with E-state index in [0.29, 0.717) is 10.0 Å². The Hall–Kier alpha value is -2.48. The number of benzene rings is 1. The zero-order valence-corrected chi connectivity index (χ0v) is 12.1. The van der Waals surface area contributed by atoms with Crippen molar-refractivity contribution in [3.05, 3.63) is 58.1 Å². The number of pyridine rings is 1. The molecular formula is C13H10BrFN4O2. The number of carbonyl (C=O) groups excluding carboxylic acids is 1. The van der Waals surface area contributed by atoms with Gasteiger partial charge in [0, 0.05) is 22.4 Å². The van der Waals surface area contributed by atoms with Crippen LogP contribution in [0.25, 0.3) is 0 Å². The van der Waals surface area contributed by atoms with Crippen molar-refractivity contribution in [1.29, 1.82) is 0 Å². The highest BCUT2D eigenvalue weighted by Crippen LogP contribution is 2.18. The number of hydrogen-bond donors (Lipinski definition) is 3. The lowest BCUT2D eigenvalue weighted by Gasteiger charge is -2.10. The molecule has 0 unspecified atom stereocenters. The predicted molar refractivity (Wildman–Crippen MR) is 78.8 cm³/mol. The van der Waals surface area contributed by atoms with Gasteiger partial charge >= 0.3 is 0 Å². The number of nitrogens with zero attached hydrogens (tertiary/aromatic N) is 2. The van der Waals surface area contributed by atoms with Crippen molar-refractivity contribution in [3.63, 3.8) is 0 Å². The van der Waals surface area contributed by atoms with Crippen molar-refractivity contribution in [2.75, 3.05) is 5.32 Å². The summed E-state index contributed by atoms with van der Waals surface area (Å²) < 4.78 is 13.9. The molecule has 1 aromatic heterocycles. The van der Waals surface area contributed by atoms with Gasteiger partial charge in [0.15, 0.2) is 5.84 Å². The SMILES string of the molecule is N/C(=N/O)c1cc(F)ccc1NC(=O)c1cncc(Br)c1. The Kier molecular flexibility index (Phi) is 4.49. The lowest BCUT2D eigenvalue weighted by atomic mass is 10.1. The number of halogens is 2. The van der Waals surface area contributed by atoms with E-state index < -0.39 is 11.7 Å². The second-order valence-electron chi connectivity index (χ2n) is 4.02. The van der Waals surface area contributed by atoms with Crippen molar-refractivity contribution in [2.24, 2.45) is 10.9 Å². The summed E-state index contributed by atoms with van der Waals surface area (Å²) in [4.78, 5) is 16.0. The first-order valence-electron chi connectivity index (χ1n) is 5.70. The highest BCUT2D eigenvalue weighted by molar-refractivity contribution is 9.10. The van der Waals surface area contributed by atoms with Gasteiger partial charge in [0.2, 0.25) is 0 Å². The molecule has 0 aliphatic rings. The van der Waals surface area contributed by atoms with E-state index in [2.05, 4.69) is 31.4 Å². The molecule has 108 valence electrons. The molecule has 0 atom stereocenters. The van der Waals surface area contributed by atoms with E-state index in [-0.39, 0.29) is 17.1 Å². The van der Waals surface area contributed by atoms with Crippen LogP contribution in [0.15, 0.2) is 46.3 Å². The van der Waals surface area contributed by atoms with Gasteiger partial charge in [-0.2, -0.15) is 0 Å². The van der Waals surface area contributed by atoms with Gasteiger partial charge in [-0.15, -0.1) is 0 Å². The molecule has 0 radical (unpaired) electrons. The number of anilines is 1. The van der Waals surface area contributed by atoms with Gasteiger partial charge in [-0.3, -0.25) is 9.78 Å². The molecule has 21 heavy (non-hydrogen) atoms. The van der Waals surface area contributed by atoms with Crippen LogP contribution in [0.5, 0.6) is 0 Å². The monoisotopic (exact) mass is 352 g/mol. The van der Waals surface area contributed by atoms with Crippen LogP contribution in [0.1, 0.15) is 15.9 Å². The number of oxime groups is 1. The van der Waals surface area contributed by atoms with E-state index in [4.69, 9.17) is 10.9 Å². The second-order valence-corrected chi connectivity index (χ2v) is 4.94. The van der Waals surface area contributed by atoms with Gasteiger partial charge in [-0.05, 0) is 40.2 Å². The standard InChI is InChI=1S/C13H10BrFN4O2/c14-8-3-7(5-17-6-8)13(20)18-11-2-1-9(15)4-10(11)12(16)19-21/h1-6,21H,(H2,16,19)(H,18,20). The fourth-order valence-corrected chi connectivity index (χ4v) is 1.99. The quantitative estimate of drug-likeness (QED) is 0.341. The summed E-state index contributed by atoms with van der Waals surface area (Å²) in [5.74, 6) is -1.33. The maximum Gasteiger partial charge on any atom is 0.257 e. The van der Waals surface area contributed by atoms with Gasteiger partial charge in [-0.1, -0.05) is 5.16 Å². The lowest BCUT2D eigenvalue weighted by Crippen LogP contribution is -2.19. The molecule has 0 aliphatic carbocycles. The van der Waals surface area contributed by atoms with Crippen LogP contribution >= 0.6 is 15.9 Å². The van der Waals surface area contributed by atoms with Crippen LogP contribution in [-0.2, 0) is 0 Å². The number of nitrogens with one attached hydrogen (secondary N) is 1. The molecule has 4 N–H and O–H groups in total. The molecule has 6 nitrogen and oxygen atoms in total. The van der Waals surface area contributed by atoms with Gasteiger partial charge in [0.1, 0.15) is 5.82 Å². The summed E-state index contributed by atoms with van der Waals surface area (Å²) in [6.45, 7) is 0. The molecule has 8 heteroatoms. The molecule has 0 bridgehead atoms. The second kappa shape index (κ2) is 6.31. The van der Waals surface area contributed by atoms with Gasteiger partial charge < -0.3 is 16.3 Å². The van der Waals surface area contributed by atoms with Crippen molar-refractivity contribution >= 4 is 33.4 Å². The third-order valence-electron chi connectivity index (χ3n) is 2.58. The predicted octanol–water partition coefficient (Wildman–Crippen LogP) is 2.33. The van der Waals surface area contributed by atoms with E-state index in [1.165, 1.54) is 18.5 Å². The Labute approximate surface area is 127 Å². The fourth-order valence-electron chi connectivity index (χ4n) is 1.62. The van der Waals surface area contributed by atoms with Crippen LogP contribution < -0.4 is 11.1 Å². The van der Waals surface area contributed by atoms with Gasteiger partial charge in [0.25, 0.3) is 5.91 Å². The van der Waals surface area contributed by atoms with Gasteiger partial charge in [0.05, 0.1) is 11.3 Å². The van der Waals surface area contributed by atoms with Crippen LogP contribution in [0.3, 0.4) is 0 Å². The first kappa shape index (κ1) is 14.9. The summed E-state index contributed by atoms with van der Waals surface area (Å²) in [7, 11) is 0. The normalized spacial score (nSPS) is 11.2. The maximum atomic E-state index is 13.2. The minimum Gasteiger partial charge on any atom is -0.409 e. The summed E-state index contributed by atoms with van der Waals surface area (Å²) in [6, 6.07) is 5.12. The van der Waals surface area contributed by atoms with E-state index in [0.717, 1.165) is 12.1 Å². The van der Waals surface area contributed by atoms with Crippen molar-refractivity contribution in [3.8, 4) is 0 Å². The fraction of sp³-hybridized carbons (Fsp3) is 0. The first-order valence-corrected chi connectivity index (χ1v) is 6.50. The minimum absolute atomic E-state index is 0.0776. The number of carbonyl (C=O) groups is 1. The van der Waals surface area contributed by atoms with E-state index in [1.807, 2.05) is 0 Å². The van der Waals surface area contributed by atoms with Crippen LogP contribution in [-0.4, -0.2) is 21.9 Å². The van der Waals surface area contributed by atoms with Crippen molar-refractivity contribution in [2.45, 2.75) is 0 Å². The molecule has 0 saturated heterocycles. The summed E-state index contributed by atoms with van der Waals surface area (Å²) >= 11 is 3.21. The Bertz CT molecular complexity index is 721. The third kappa shape index (κ3) is 3.54. The zero-order valence-electron chi connectivity index (χ0n) is 10.5. The number of rotatable bonds is 3. The molecule has 2 aromatic rings. The average Bonchev–Trinajstić information content (AvgIpc) is 2.48. The van der Waals surface area contributed by atoms with Crippen LogP contribution in [0.2, 0.25) is 0 Å². The largest absolute Gasteiger partial charge is 0.409 e. The number of aromatic nitrogens is 1. The van der Waals surface area contributed by atoms with Gasteiger partial charge in [-0.25, -0.2) is 4.39 Å². The number of nitrogens with two attached hydrogens (primary N) is 1. The highest BCUT2D eigenvalue weighted by atomic mass is 79.9. The molecule has 0 spiro atoms. The molecule has 0 aliphatic heterocycles. The van der Waals surface area contributed by atoms with Crippen molar-refractivity contribution in [1.82, 2.24) is 4.98 Å². The summed E-state index contributed by atoms with van der Waals surface area (Å²) in [5, 5.41) is 14.1. The first-order chi connectivity index (χ1) is 10.0. The Morgan fingerprint density at radius 3 is 2.81 bits per heavy atom. The molecule has 0 fully saturated rings. The minimum atomic E-state index is -0.571. The average molecular weight is 353 g/mol. The Balaban J connectivity index is 2.33.